The first-order valence-electron chi connectivity index (χ1n) is 7.12. The smallest absolute Gasteiger partial charge is 0.211 e. The Morgan fingerprint density at radius 2 is 1.04 bits per heavy atom. The van der Waals surface area contributed by atoms with Crippen LogP contribution in [0.5, 0.6) is 0 Å². The summed E-state index contributed by atoms with van der Waals surface area (Å²) in [5.41, 5.74) is 0.631. The van der Waals surface area contributed by atoms with Gasteiger partial charge in [-0.15, -0.1) is 0 Å². The Kier molecular flexibility index (Phi) is 13.9. The summed E-state index contributed by atoms with van der Waals surface area (Å²) in [6.07, 6.45) is 9.54. The van der Waals surface area contributed by atoms with Gasteiger partial charge in [0, 0.05) is 0 Å². The largest absolute Gasteiger partial charge is 0.240 e. The third-order valence-electron chi connectivity index (χ3n) is 2.63. The van der Waals surface area contributed by atoms with Crippen molar-refractivity contribution in [3.8, 4) is 0 Å². The lowest BCUT2D eigenvalue weighted by molar-refractivity contribution is 0.558. The van der Waals surface area contributed by atoms with Crippen LogP contribution in [0.2, 0.25) is 0 Å². The van der Waals surface area contributed by atoms with Gasteiger partial charge in [-0.1, -0.05) is 25.0 Å². The number of hydrogen-bond donors (Lipinski definition) is 0. The van der Waals surface area contributed by atoms with Crippen LogP contribution in [0, 0.1) is 0 Å². The van der Waals surface area contributed by atoms with Crippen LogP contribution in [0.4, 0.5) is 11.4 Å². The van der Waals surface area contributed by atoms with Gasteiger partial charge in [-0.25, -0.2) is 29.2 Å². The molecule has 0 radical (unpaired) electrons. The summed E-state index contributed by atoms with van der Waals surface area (Å²) in [6.45, 7) is 1.11. The summed E-state index contributed by atoms with van der Waals surface area (Å²) in [4.78, 5) is 52.6. The Bertz CT molecular complexity index is 620. The van der Waals surface area contributed by atoms with E-state index < -0.39 is 0 Å². The van der Waals surface area contributed by atoms with Gasteiger partial charge in [0.15, 0.2) is 0 Å². The third-order valence-corrected chi connectivity index (χ3v) is 2.63. The Labute approximate surface area is 138 Å². The van der Waals surface area contributed by atoms with E-state index in [-0.39, 0.29) is 0 Å². The van der Waals surface area contributed by atoms with E-state index in [9.17, 15) is 19.2 Å². The second kappa shape index (κ2) is 16.1. The van der Waals surface area contributed by atoms with Gasteiger partial charge in [-0.05, 0) is 25.0 Å². The zero-order valence-corrected chi connectivity index (χ0v) is 13.0. The highest BCUT2D eigenvalue weighted by Gasteiger charge is 1.96. The Balaban J connectivity index is 0.000000441. The minimum absolute atomic E-state index is 0.316. The second-order valence-electron chi connectivity index (χ2n) is 4.26. The summed E-state index contributed by atoms with van der Waals surface area (Å²) in [5.74, 6) is 0. The molecule has 0 saturated carbocycles. The number of rotatable bonds is 9. The number of aliphatic imine (C=N–C) groups is 4. The van der Waals surface area contributed by atoms with E-state index in [4.69, 9.17) is 0 Å². The van der Waals surface area contributed by atoms with E-state index in [1.54, 1.807) is 24.3 Å². The molecule has 0 bridgehead atoms. The molecule has 0 aliphatic carbocycles. The van der Waals surface area contributed by atoms with Crippen LogP contribution < -0.4 is 0 Å². The van der Waals surface area contributed by atoms with Gasteiger partial charge < -0.3 is 0 Å². The number of carbonyl (C=O) groups excluding carboxylic acids is 4. The highest BCUT2D eigenvalue weighted by molar-refractivity contribution is 5.67. The maximum Gasteiger partial charge on any atom is 0.240 e. The minimum atomic E-state index is 0.316. The molecule has 1 aromatic rings. The maximum atomic E-state index is 9.90. The van der Waals surface area contributed by atoms with Crippen molar-refractivity contribution in [2.24, 2.45) is 20.0 Å². The molecule has 0 aliphatic rings. The van der Waals surface area contributed by atoms with Crippen molar-refractivity contribution in [3.05, 3.63) is 24.3 Å². The summed E-state index contributed by atoms with van der Waals surface area (Å²) >= 11 is 0. The monoisotopic (exact) mass is 328 g/mol. The molecule has 0 amide bonds. The van der Waals surface area contributed by atoms with Crippen molar-refractivity contribution in [1.29, 1.82) is 0 Å². The topological polar surface area (TPSA) is 118 Å². The molecule has 0 atom stereocenters. The van der Waals surface area contributed by atoms with Gasteiger partial charge in [0.1, 0.15) is 11.4 Å². The van der Waals surface area contributed by atoms with Crippen LogP contribution in [-0.2, 0) is 19.2 Å². The fourth-order valence-corrected chi connectivity index (χ4v) is 1.58. The van der Waals surface area contributed by atoms with E-state index in [2.05, 4.69) is 20.0 Å². The van der Waals surface area contributed by atoms with E-state index in [0.29, 0.717) is 24.5 Å². The highest BCUT2D eigenvalue weighted by atomic mass is 16.1. The summed E-state index contributed by atoms with van der Waals surface area (Å²) in [6, 6.07) is 6.47. The molecule has 0 aliphatic heterocycles. The van der Waals surface area contributed by atoms with Crippen molar-refractivity contribution in [1.82, 2.24) is 0 Å². The van der Waals surface area contributed by atoms with Crippen LogP contribution in [-0.4, -0.2) is 37.4 Å². The molecular formula is C16H16N4O4. The average Bonchev–Trinajstić information content (AvgIpc) is 2.60. The van der Waals surface area contributed by atoms with E-state index >= 15 is 0 Å². The van der Waals surface area contributed by atoms with Crippen molar-refractivity contribution in [3.63, 3.8) is 0 Å². The summed E-state index contributed by atoms with van der Waals surface area (Å²) in [5, 5.41) is 0. The second-order valence-corrected chi connectivity index (χ2v) is 4.26. The average molecular weight is 328 g/mol. The summed E-state index contributed by atoms with van der Waals surface area (Å²) in [7, 11) is 0. The van der Waals surface area contributed by atoms with Gasteiger partial charge in [0.05, 0.1) is 13.1 Å². The lowest BCUT2D eigenvalue weighted by Gasteiger charge is -1.93. The SMILES string of the molecule is O=C=NCCCCCCN=C=O.O=C=Nc1ccccc1N=C=O. The first kappa shape index (κ1) is 20.7. The Morgan fingerprint density at radius 3 is 1.38 bits per heavy atom. The molecule has 1 aromatic carbocycles. The number of hydrogen-bond acceptors (Lipinski definition) is 8. The molecule has 0 fully saturated rings. The van der Waals surface area contributed by atoms with Crippen molar-refractivity contribution in [2.45, 2.75) is 25.7 Å². The molecular weight excluding hydrogens is 312 g/mol. The van der Waals surface area contributed by atoms with Gasteiger partial charge in [0.2, 0.25) is 24.3 Å². The molecule has 0 heterocycles. The zero-order valence-electron chi connectivity index (χ0n) is 13.0. The molecule has 0 N–H and O–H groups in total. The highest BCUT2D eigenvalue weighted by Crippen LogP contribution is 2.25. The number of para-hydroxylation sites is 2. The van der Waals surface area contributed by atoms with Crippen LogP contribution >= 0.6 is 0 Å². The fourth-order valence-electron chi connectivity index (χ4n) is 1.58. The van der Waals surface area contributed by atoms with Crippen molar-refractivity contribution < 1.29 is 19.2 Å². The number of isocyanates is 4. The molecule has 124 valence electrons. The van der Waals surface area contributed by atoms with Gasteiger partial charge in [-0.3, -0.25) is 0 Å². The lowest BCUT2D eigenvalue weighted by atomic mass is 10.2. The minimum Gasteiger partial charge on any atom is -0.211 e. The standard InChI is InChI=1S/C8H4N2O2.C8H12N2O2/c11-5-9-7-3-1-2-4-8(7)10-6-12;11-7-9-5-3-1-2-4-6-10-8-12/h1-4H;1-6H2. The van der Waals surface area contributed by atoms with Gasteiger partial charge in [-0.2, -0.15) is 9.98 Å². The molecule has 8 heteroatoms. The van der Waals surface area contributed by atoms with E-state index in [0.717, 1.165) is 25.7 Å². The predicted octanol–water partition coefficient (Wildman–Crippen LogP) is 2.84. The van der Waals surface area contributed by atoms with Crippen LogP contribution in [0.3, 0.4) is 0 Å². The Hall–Kier alpha value is -3.26. The molecule has 24 heavy (non-hydrogen) atoms. The van der Waals surface area contributed by atoms with Crippen LogP contribution in [0.1, 0.15) is 25.7 Å². The number of benzene rings is 1. The lowest BCUT2D eigenvalue weighted by Crippen LogP contribution is -1.84. The van der Waals surface area contributed by atoms with Crippen LogP contribution in [0.25, 0.3) is 0 Å². The van der Waals surface area contributed by atoms with Crippen LogP contribution in [0.15, 0.2) is 44.2 Å². The van der Waals surface area contributed by atoms with Gasteiger partial charge >= 0.3 is 0 Å². The summed E-state index contributed by atoms with van der Waals surface area (Å²) < 4.78 is 0. The maximum absolute atomic E-state index is 9.90. The number of unbranched alkanes of at least 4 members (excludes halogenated alkanes) is 3. The predicted molar refractivity (Wildman–Crippen MR) is 86.5 cm³/mol. The zero-order chi connectivity index (χ0) is 17.9. The third kappa shape index (κ3) is 11.4. The van der Waals surface area contributed by atoms with E-state index in [1.807, 2.05) is 0 Å². The molecule has 0 spiro atoms. The van der Waals surface area contributed by atoms with Gasteiger partial charge in [0.25, 0.3) is 0 Å². The molecule has 8 nitrogen and oxygen atoms in total. The molecule has 1 rings (SSSR count). The first-order chi connectivity index (χ1) is 11.8. The first-order valence-corrected chi connectivity index (χ1v) is 7.12. The molecule has 0 unspecified atom stereocenters. The van der Waals surface area contributed by atoms with E-state index in [1.165, 1.54) is 24.3 Å². The molecule has 0 saturated heterocycles. The number of nitrogens with zero attached hydrogens (tertiary/aromatic N) is 4. The Morgan fingerprint density at radius 1 is 0.625 bits per heavy atom. The normalized spacial score (nSPS) is 8.17. The van der Waals surface area contributed by atoms with Crippen molar-refractivity contribution in [2.75, 3.05) is 13.1 Å². The molecule has 0 aromatic heterocycles. The fraction of sp³-hybridized carbons (Fsp3) is 0.375. The quantitative estimate of drug-likeness (QED) is 0.393. The van der Waals surface area contributed by atoms with Crippen molar-refractivity contribution >= 4 is 35.7 Å².